The van der Waals surface area contributed by atoms with Crippen LogP contribution < -0.4 is 10.9 Å². The van der Waals surface area contributed by atoms with Gasteiger partial charge in [0.25, 0.3) is 5.56 Å². The number of aromatic nitrogens is 7. The third kappa shape index (κ3) is 3.59. The second-order valence-electron chi connectivity index (χ2n) is 8.00. The van der Waals surface area contributed by atoms with Crippen LogP contribution >= 0.6 is 0 Å². The number of nitrogens with one attached hydrogen (secondary N) is 1. The number of fused-ring (bicyclic) bond motifs is 1. The average molecular weight is 406 g/mol. The van der Waals surface area contributed by atoms with Crippen LogP contribution in [0.5, 0.6) is 0 Å². The molecule has 0 saturated heterocycles. The number of amides is 1. The number of anilines is 1. The van der Waals surface area contributed by atoms with Crippen molar-refractivity contribution in [2.24, 2.45) is 7.05 Å². The van der Waals surface area contributed by atoms with Gasteiger partial charge in [0.2, 0.25) is 5.91 Å². The van der Waals surface area contributed by atoms with Crippen LogP contribution in [0.2, 0.25) is 0 Å². The summed E-state index contributed by atoms with van der Waals surface area (Å²) in [6, 6.07) is 7.28. The van der Waals surface area contributed by atoms with Crippen molar-refractivity contribution in [1.29, 1.82) is 0 Å². The van der Waals surface area contributed by atoms with Crippen LogP contribution in [0.15, 0.2) is 47.8 Å². The van der Waals surface area contributed by atoms with Crippen LogP contribution in [0.1, 0.15) is 26.5 Å². The van der Waals surface area contributed by atoms with E-state index in [0.29, 0.717) is 22.7 Å². The lowest BCUT2D eigenvalue weighted by molar-refractivity contribution is -0.116. The third-order valence-electron chi connectivity index (χ3n) is 4.64. The normalized spacial score (nSPS) is 11.7. The molecule has 0 aliphatic rings. The molecule has 0 unspecified atom stereocenters. The Kier molecular flexibility index (Phi) is 4.69. The number of carbonyl (C=O) groups is 1. The summed E-state index contributed by atoms with van der Waals surface area (Å²) in [6.45, 7) is 5.93. The summed E-state index contributed by atoms with van der Waals surface area (Å²) in [5.41, 5.74) is 0.738. The van der Waals surface area contributed by atoms with E-state index >= 15 is 0 Å². The van der Waals surface area contributed by atoms with Gasteiger partial charge in [0.15, 0.2) is 11.5 Å². The number of aryl methyl sites for hydroxylation is 1. The Hall–Kier alpha value is -3.82. The zero-order valence-corrected chi connectivity index (χ0v) is 17.2. The van der Waals surface area contributed by atoms with Crippen LogP contribution in [-0.2, 0) is 23.8 Å². The Morgan fingerprint density at radius 2 is 2.00 bits per heavy atom. The van der Waals surface area contributed by atoms with E-state index in [0.717, 1.165) is 5.69 Å². The van der Waals surface area contributed by atoms with Crippen molar-refractivity contribution in [2.75, 3.05) is 5.32 Å². The van der Waals surface area contributed by atoms with E-state index in [9.17, 15) is 9.59 Å². The predicted octanol–water partition coefficient (Wildman–Crippen LogP) is 1.65. The molecule has 4 aromatic rings. The smallest absolute Gasteiger partial charge is 0.264 e. The first-order chi connectivity index (χ1) is 14.2. The maximum Gasteiger partial charge on any atom is 0.264 e. The lowest BCUT2D eigenvalue weighted by atomic mass is 9.92. The van der Waals surface area contributed by atoms with Gasteiger partial charge in [-0.15, -0.1) is 0 Å². The van der Waals surface area contributed by atoms with Crippen molar-refractivity contribution >= 4 is 22.8 Å². The third-order valence-corrected chi connectivity index (χ3v) is 4.64. The van der Waals surface area contributed by atoms with Gasteiger partial charge in [0, 0.05) is 24.7 Å². The van der Waals surface area contributed by atoms with Gasteiger partial charge in [0.1, 0.15) is 24.1 Å². The first-order valence-corrected chi connectivity index (χ1v) is 9.43. The second kappa shape index (κ2) is 7.21. The lowest BCUT2D eigenvalue weighted by Crippen LogP contribution is -2.28. The van der Waals surface area contributed by atoms with Crippen molar-refractivity contribution in [2.45, 2.75) is 32.7 Å². The highest BCUT2D eigenvalue weighted by atomic mass is 16.2. The van der Waals surface area contributed by atoms with Gasteiger partial charge in [-0.05, 0) is 12.1 Å². The van der Waals surface area contributed by atoms with Crippen molar-refractivity contribution in [3.63, 3.8) is 0 Å². The highest BCUT2D eigenvalue weighted by Crippen LogP contribution is 2.25. The maximum atomic E-state index is 12.7. The molecule has 0 aliphatic carbocycles. The van der Waals surface area contributed by atoms with Crippen LogP contribution in [0.3, 0.4) is 0 Å². The van der Waals surface area contributed by atoms with Crippen LogP contribution in [0.4, 0.5) is 5.82 Å². The first kappa shape index (κ1) is 19.5. The summed E-state index contributed by atoms with van der Waals surface area (Å²) >= 11 is 0. The van der Waals surface area contributed by atoms with E-state index in [-0.39, 0.29) is 23.4 Å². The Labute approximate surface area is 172 Å². The number of hydrogen-bond acceptors (Lipinski definition) is 6. The lowest BCUT2D eigenvalue weighted by Gasteiger charge is -2.13. The fourth-order valence-corrected chi connectivity index (χ4v) is 3.01. The first-order valence-electron chi connectivity index (χ1n) is 9.43. The van der Waals surface area contributed by atoms with E-state index < -0.39 is 0 Å². The highest BCUT2D eigenvalue weighted by Gasteiger charge is 2.22. The van der Waals surface area contributed by atoms with Crippen LogP contribution in [-0.4, -0.2) is 40.0 Å². The molecule has 10 heteroatoms. The van der Waals surface area contributed by atoms with Gasteiger partial charge in [-0.25, -0.2) is 9.97 Å². The topological polar surface area (TPSA) is 113 Å². The minimum absolute atomic E-state index is 0.186. The van der Waals surface area contributed by atoms with E-state index in [4.69, 9.17) is 0 Å². The molecule has 30 heavy (non-hydrogen) atoms. The van der Waals surface area contributed by atoms with Gasteiger partial charge >= 0.3 is 0 Å². The molecule has 154 valence electrons. The van der Waals surface area contributed by atoms with Crippen molar-refractivity contribution in [1.82, 2.24) is 34.1 Å². The Morgan fingerprint density at radius 3 is 2.70 bits per heavy atom. The van der Waals surface area contributed by atoms with E-state index in [1.54, 1.807) is 24.0 Å². The molecule has 4 aromatic heterocycles. The maximum absolute atomic E-state index is 12.7. The van der Waals surface area contributed by atoms with Crippen molar-refractivity contribution < 1.29 is 4.79 Å². The molecule has 1 N–H and O–H groups in total. The zero-order chi connectivity index (χ0) is 21.5. The molecular weight excluding hydrogens is 384 g/mol. The Balaban J connectivity index is 1.64. The SMILES string of the molecule is Cn1ncc2c(=O)n(CC(=O)Nc3cc(C(C)(C)C)nn3-c3ccccn3)cnc21. The van der Waals surface area contributed by atoms with Gasteiger partial charge in [0.05, 0.1) is 11.9 Å². The van der Waals surface area contributed by atoms with E-state index in [1.165, 1.54) is 21.8 Å². The molecule has 10 nitrogen and oxygen atoms in total. The number of hydrogen-bond donors (Lipinski definition) is 1. The minimum atomic E-state index is -0.375. The standard InChI is InChI=1S/C20H22N8O2/c1-20(2,3)14-9-16(28(25-14)15-7-5-6-8-21-15)24-17(29)11-27-12-22-18-13(19(27)30)10-23-26(18)4/h5-10,12H,11H2,1-4H3,(H,24,29). The molecule has 1 amide bonds. The van der Waals surface area contributed by atoms with Crippen molar-refractivity contribution in [3.8, 4) is 5.82 Å². The molecule has 4 heterocycles. The average Bonchev–Trinajstić information content (AvgIpc) is 3.29. The second-order valence-corrected chi connectivity index (χ2v) is 8.00. The van der Waals surface area contributed by atoms with Gasteiger partial charge in [-0.1, -0.05) is 26.8 Å². The molecule has 0 spiro atoms. The summed E-state index contributed by atoms with van der Waals surface area (Å²) in [6.07, 6.45) is 4.46. The van der Waals surface area contributed by atoms with E-state index in [2.05, 4.69) is 25.5 Å². The van der Waals surface area contributed by atoms with Crippen molar-refractivity contribution in [3.05, 3.63) is 59.0 Å². The molecule has 0 saturated carbocycles. The van der Waals surface area contributed by atoms with Crippen LogP contribution in [0.25, 0.3) is 16.9 Å². The number of pyridine rings is 1. The Morgan fingerprint density at radius 1 is 1.20 bits per heavy atom. The fraction of sp³-hybridized carbons (Fsp3) is 0.300. The predicted molar refractivity (Wildman–Crippen MR) is 111 cm³/mol. The van der Waals surface area contributed by atoms with Crippen LogP contribution in [0, 0.1) is 0 Å². The molecule has 0 aromatic carbocycles. The summed E-state index contributed by atoms with van der Waals surface area (Å²) in [4.78, 5) is 33.9. The number of carbonyl (C=O) groups excluding carboxylic acids is 1. The highest BCUT2D eigenvalue weighted by molar-refractivity contribution is 5.90. The molecule has 0 fully saturated rings. The number of rotatable bonds is 4. The summed E-state index contributed by atoms with van der Waals surface area (Å²) in [5, 5.41) is 11.9. The molecular formula is C20H22N8O2. The van der Waals surface area contributed by atoms with Gasteiger partial charge in [-0.3, -0.25) is 18.8 Å². The fourth-order valence-electron chi connectivity index (χ4n) is 3.01. The quantitative estimate of drug-likeness (QED) is 0.551. The summed E-state index contributed by atoms with van der Waals surface area (Å²) < 4.78 is 4.36. The monoisotopic (exact) mass is 406 g/mol. The summed E-state index contributed by atoms with van der Waals surface area (Å²) in [5.74, 6) is 0.686. The minimum Gasteiger partial charge on any atom is -0.309 e. The molecule has 0 bridgehead atoms. The van der Waals surface area contributed by atoms with Gasteiger partial charge < -0.3 is 5.32 Å². The molecule has 0 aliphatic heterocycles. The molecule has 0 atom stereocenters. The number of nitrogens with zero attached hydrogens (tertiary/aromatic N) is 7. The largest absolute Gasteiger partial charge is 0.309 e. The summed E-state index contributed by atoms with van der Waals surface area (Å²) in [7, 11) is 1.71. The Bertz CT molecular complexity index is 1280. The molecule has 4 rings (SSSR count). The molecule has 0 radical (unpaired) electrons. The zero-order valence-electron chi connectivity index (χ0n) is 17.2. The van der Waals surface area contributed by atoms with Gasteiger partial charge in [-0.2, -0.15) is 14.9 Å². The van der Waals surface area contributed by atoms with E-state index in [1.807, 2.05) is 39.0 Å².